The number of hydrogen-bond acceptors (Lipinski definition) is 13. The van der Waals surface area contributed by atoms with Crippen LogP contribution in [0.4, 0.5) is 0 Å². The van der Waals surface area contributed by atoms with Crippen molar-refractivity contribution < 1.29 is 73.9 Å². The van der Waals surface area contributed by atoms with E-state index in [2.05, 4.69) is 58.4 Å². The molecule has 15 nitrogen and oxygen atoms in total. The summed E-state index contributed by atoms with van der Waals surface area (Å²) < 4.78 is 16.1. The van der Waals surface area contributed by atoms with Crippen molar-refractivity contribution in [1.29, 1.82) is 0 Å². The summed E-state index contributed by atoms with van der Waals surface area (Å²) in [5.74, 6) is -1.01. The van der Waals surface area contributed by atoms with Gasteiger partial charge in [0.15, 0.2) is 11.5 Å². The van der Waals surface area contributed by atoms with Crippen LogP contribution in [0.1, 0.15) is 38.2 Å². The quantitative estimate of drug-likeness (QED) is 0.0424. The topological polar surface area (TPSA) is 255 Å². The van der Waals surface area contributed by atoms with Gasteiger partial charge in [-0.1, -0.05) is 72.9 Å². The number of phenols is 3. The van der Waals surface area contributed by atoms with E-state index < -0.39 is 5.97 Å². The van der Waals surface area contributed by atoms with Crippen LogP contribution < -0.4 is 0 Å². The Balaban J connectivity index is -0.0000000492. The normalized spacial score (nSPS) is 7.12. The molecule has 0 aliphatic carbocycles. The predicted octanol–water partition coefficient (Wildman–Crippen LogP) is 6.31. The minimum Gasteiger partial charge on any atom is -0.508 e. The van der Waals surface area contributed by atoms with Gasteiger partial charge in [-0.05, 0) is 55.0 Å². The first-order valence-corrected chi connectivity index (χ1v) is 12.2. The van der Waals surface area contributed by atoms with Crippen molar-refractivity contribution in [2.75, 3.05) is 7.11 Å². The zero-order chi connectivity index (χ0) is 37.7. The SMILES string of the molecule is C.C.C.C=C.C=CC=C.C=COC=O.C=COC=O.CO.Cc1cc(C(=O)O)ccc1O.O.O=CO/C=C\C=C/OC=O.Oc1ccccc1O. The molecular formula is C36H56O15. The third kappa shape index (κ3) is 66.6. The van der Waals surface area contributed by atoms with E-state index in [0.717, 1.165) is 32.2 Å². The lowest BCUT2D eigenvalue weighted by Gasteiger charge is -1.98. The number of benzene rings is 2. The maximum Gasteiger partial charge on any atom is 0.335 e. The van der Waals surface area contributed by atoms with Crippen LogP contribution in [0, 0.1) is 6.92 Å². The monoisotopic (exact) mass is 728 g/mol. The number of aliphatic hydroxyl groups excluding tert-OH is 1. The molecule has 0 amide bonds. The zero-order valence-corrected chi connectivity index (χ0v) is 26.6. The number of ether oxygens (including phenoxy) is 4. The van der Waals surface area contributed by atoms with Gasteiger partial charge in [0.1, 0.15) is 5.75 Å². The Morgan fingerprint density at radius 3 is 1.16 bits per heavy atom. The lowest BCUT2D eigenvalue weighted by molar-refractivity contribution is -0.124. The Morgan fingerprint density at radius 1 is 0.627 bits per heavy atom. The number of carboxylic acid groups (broad SMARTS) is 1. The van der Waals surface area contributed by atoms with E-state index in [1.807, 2.05) is 0 Å². The minimum atomic E-state index is -0.979. The number of aromatic carboxylic acids is 1. The Kier molecular flexibility index (Phi) is 91.1. The van der Waals surface area contributed by atoms with E-state index in [9.17, 15) is 14.4 Å². The molecule has 0 heterocycles. The number of carbonyl (C=O) groups excluding carboxylic acids is 4. The summed E-state index contributed by atoms with van der Waals surface area (Å²) in [4.78, 5) is 47.6. The van der Waals surface area contributed by atoms with Gasteiger partial charge in [0.25, 0.3) is 25.9 Å². The second-order valence-electron chi connectivity index (χ2n) is 6.19. The molecule has 2 aromatic carbocycles. The van der Waals surface area contributed by atoms with Gasteiger partial charge in [-0.3, -0.25) is 19.2 Å². The highest BCUT2D eigenvalue weighted by atomic mass is 16.5. The maximum atomic E-state index is 10.4. The fourth-order valence-corrected chi connectivity index (χ4v) is 1.58. The lowest BCUT2D eigenvalue weighted by Crippen LogP contribution is -1.95. The van der Waals surface area contributed by atoms with E-state index in [4.69, 9.17) is 35.1 Å². The number of rotatable bonds is 11. The zero-order valence-electron chi connectivity index (χ0n) is 26.6. The van der Waals surface area contributed by atoms with Crippen molar-refractivity contribution in [1.82, 2.24) is 0 Å². The van der Waals surface area contributed by atoms with Gasteiger partial charge in [0.2, 0.25) is 0 Å². The van der Waals surface area contributed by atoms with Crippen LogP contribution in [0.25, 0.3) is 0 Å². The fourth-order valence-electron chi connectivity index (χ4n) is 1.58. The first-order valence-electron chi connectivity index (χ1n) is 12.2. The summed E-state index contributed by atoms with van der Waals surface area (Å²) in [6.45, 7) is 21.8. The molecule has 0 aliphatic rings. The smallest absolute Gasteiger partial charge is 0.335 e. The molecule has 2 rings (SSSR count). The Morgan fingerprint density at radius 2 is 0.961 bits per heavy atom. The number of allylic oxidation sites excluding steroid dienone is 4. The number of aromatic hydroxyl groups is 3. The second-order valence-corrected chi connectivity index (χ2v) is 6.19. The van der Waals surface area contributed by atoms with E-state index in [1.165, 1.54) is 42.5 Å². The molecule has 0 spiro atoms. The highest BCUT2D eigenvalue weighted by Gasteiger charge is 2.03. The van der Waals surface area contributed by atoms with Crippen LogP contribution in [0.3, 0.4) is 0 Å². The summed E-state index contributed by atoms with van der Waals surface area (Å²) in [5.41, 5.74) is 0.769. The molecule has 0 radical (unpaired) electrons. The van der Waals surface area contributed by atoms with Gasteiger partial charge in [0, 0.05) is 7.11 Å². The van der Waals surface area contributed by atoms with Crippen molar-refractivity contribution in [3.05, 3.63) is 142 Å². The van der Waals surface area contributed by atoms with Crippen LogP contribution in [0.15, 0.2) is 131 Å². The number of aryl methyl sites for hydroxylation is 1. The summed E-state index contributed by atoms with van der Waals surface area (Å²) in [6.07, 6.45) is 10.5. The van der Waals surface area contributed by atoms with Crippen LogP contribution in [0.5, 0.6) is 17.2 Å². The molecule has 290 valence electrons. The largest absolute Gasteiger partial charge is 0.508 e. The van der Waals surface area contributed by atoms with Gasteiger partial charge in [-0.15, -0.1) is 13.2 Å². The standard InChI is InChI=1S/C8H8O3.C6H6O4.C6H6O2.C4H6.2C3H4O2.C2H4.CH4O.3CH4.H2O/c1-5-4-6(8(10)11)2-3-7(5)9;7-5-9-3-1-2-4-10-6-8;7-5-3-1-2-4-6(5)8;1-3-4-2;2*1-2-5-3-4;2*1-2;;;;/h2-4,9H,1H3,(H,10,11);1-6H;1-4,7-8H;3-4H,1-2H2;2*2-3H,1H2;1-2H2;2H,1H3;3*1H4;1H2/b;3-1-,4-2-;;;;;;;;;;. The molecule has 0 saturated carbocycles. The molecule has 15 heteroatoms. The van der Waals surface area contributed by atoms with Crippen LogP contribution in [0.2, 0.25) is 0 Å². The number of phenolic OH excluding ortho intramolecular Hbond substituents is 3. The number of hydrogen-bond donors (Lipinski definition) is 5. The first-order chi connectivity index (χ1) is 22.6. The average Bonchev–Trinajstić information content (AvgIpc) is 3.09. The van der Waals surface area contributed by atoms with E-state index in [1.54, 1.807) is 31.2 Å². The molecule has 0 bridgehead atoms. The Labute approximate surface area is 301 Å². The third-order valence-electron chi connectivity index (χ3n) is 3.33. The molecule has 0 aliphatic heterocycles. The maximum absolute atomic E-state index is 10.4. The van der Waals surface area contributed by atoms with Gasteiger partial charge in [0.05, 0.1) is 30.6 Å². The lowest BCUT2D eigenvalue weighted by atomic mass is 10.1. The van der Waals surface area contributed by atoms with Crippen molar-refractivity contribution in [3.63, 3.8) is 0 Å². The van der Waals surface area contributed by atoms with Gasteiger partial charge < -0.3 is 50.0 Å². The van der Waals surface area contributed by atoms with Crippen LogP contribution >= 0.6 is 0 Å². The predicted molar refractivity (Wildman–Crippen MR) is 200 cm³/mol. The molecule has 2 aromatic rings. The number of aliphatic hydroxyl groups is 1. The molecule has 51 heavy (non-hydrogen) atoms. The summed E-state index contributed by atoms with van der Waals surface area (Å²) in [6, 6.07) is 10.3. The van der Waals surface area contributed by atoms with Crippen molar-refractivity contribution in [3.8, 4) is 17.2 Å². The Hall–Kier alpha value is -6.71. The highest BCUT2D eigenvalue weighted by molar-refractivity contribution is 5.88. The molecular weight excluding hydrogens is 672 g/mol. The second kappa shape index (κ2) is 65.8. The average molecular weight is 729 g/mol. The van der Waals surface area contributed by atoms with Crippen molar-refractivity contribution in [2.24, 2.45) is 0 Å². The molecule has 0 unspecified atom stereocenters. The summed E-state index contributed by atoms with van der Waals surface area (Å²) in [5, 5.41) is 41.9. The molecule has 7 N–H and O–H groups in total. The fraction of sp³-hybridized carbons (Fsp3) is 0.139. The molecule has 0 atom stereocenters. The molecule has 0 saturated heterocycles. The van der Waals surface area contributed by atoms with Crippen molar-refractivity contribution >= 4 is 31.9 Å². The highest BCUT2D eigenvalue weighted by Crippen LogP contribution is 2.21. The molecule has 0 fully saturated rings. The Bertz CT molecular complexity index is 1100. The summed E-state index contributed by atoms with van der Waals surface area (Å²) >= 11 is 0. The van der Waals surface area contributed by atoms with Gasteiger partial charge in [-0.2, -0.15) is 0 Å². The van der Waals surface area contributed by atoms with Gasteiger partial charge in [-0.25, -0.2) is 4.79 Å². The van der Waals surface area contributed by atoms with Crippen LogP contribution in [-0.2, 0) is 38.1 Å². The number of carbonyl (C=O) groups is 5. The third-order valence-corrected chi connectivity index (χ3v) is 3.33. The van der Waals surface area contributed by atoms with E-state index in [-0.39, 0.29) is 63.5 Å². The van der Waals surface area contributed by atoms with E-state index >= 15 is 0 Å². The first kappa shape index (κ1) is 70.6. The number of carboxylic acids is 1. The number of para-hydroxylation sites is 2. The van der Waals surface area contributed by atoms with Crippen molar-refractivity contribution in [2.45, 2.75) is 29.2 Å². The van der Waals surface area contributed by atoms with Crippen LogP contribution in [-0.4, -0.2) is 70.0 Å². The summed E-state index contributed by atoms with van der Waals surface area (Å²) in [7, 11) is 1.00. The molecule has 0 aromatic heterocycles. The minimum absolute atomic E-state index is 0. The van der Waals surface area contributed by atoms with Gasteiger partial charge >= 0.3 is 5.97 Å². The van der Waals surface area contributed by atoms with E-state index in [0.29, 0.717) is 18.5 Å².